The lowest BCUT2D eigenvalue weighted by Crippen LogP contribution is -2.25. The molecule has 160 valence electrons. The van der Waals surface area contributed by atoms with Gasteiger partial charge in [0.1, 0.15) is 0 Å². The highest BCUT2D eigenvalue weighted by atomic mass is 14.4. The summed E-state index contributed by atoms with van der Waals surface area (Å²) in [6.07, 6.45) is 14.7. The van der Waals surface area contributed by atoms with Crippen molar-refractivity contribution in [2.24, 2.45) is 0 Å². The summed E-state index contributed by atoms with van der Waals surface area (Å²) >= 11 is 0. The predicted molar refractivity (Wildman–Crippen MR) is 137 cm³/mol. The summed E-state index contributed by atoms with van der Waals surface area (Å²) in [5.41, 5.74) is 11.8. The monoisotopic (exact) mass is 416 g/mol. The third-order valence-corrected chi connectivity index (χ3v) is 7.62. The molecule has 1 atom stereocenters. The van der Waals surface area contributed by atoms with E-state index in [1.165, 1.54) is 58.2 Å². The van der Waals surface area contributed by atoms with E-state index in [0.29, 0.717) is 5.92 Å². The van der Waals surface area contributed by atoms with Crippen LogP contribution in [0, 0.1) is 12.3 Å². The fourth-order valence-corrected chi connectivity index (χ4v) is 5.97. The second-order valence-electron chi connectivity index (χ2n) is 9.88. The van der Waals surface area contributed by atoms with E-state index in [0.717, 1.165) is 19.3 Å². The molecule has 1 unspecified atom stereocenters. The van der Waals surface area contributed by atoms with Crippen molar-refractivity contribution < 1.29 is 0 Å². The summed E-state index contributed by atoms with van der Waals surface area (Å²) in [4.78, 5) is 0. The van der Waals surface area contributed by atoms with Crippen LogP contribution in [0.5, 0.6) is 0 Å². The van der Waals surface area contributed by atoms with Gasteiger partial charge >= 0.3 is 0 Å². The Labute approximate surface area is 193 Å². The summed E-state index contributed by atoms with van der Waals surface area (Å²) in [6.45, 7) is 4.88. The van der Waals surface area contributed by atoms with Crippen molar-refractivity contribution in [3.05, 3.63) is 100 Å². The lowest BCUT2D eigenvalue weighted by molar-refractivity contribution is 0.526. The van der Waals surface area contributed by atoms with Crippen LogP contribution in [0.1, 0.15) is 79.7 Å². The largest absolute Gasteiger partial charge is 0.120 e. The number of hydrogen-bond donors (Lipinski definition) is 0. The van der Waals surface area contributed by atoms with Gasteiger partial charge in [0.2, 0.25) is 0 Å². The molecule has 0 aromatic heterocycles. The zero-order valence-corrected chi connectivity index (χ0v) is 19.3. The second kappa shape index (κ2) is 8.48. The van der Waals surface area contributed by atoms with Gasteiger partial charge in [0.05, 0.1) is 0 Å². The minimum absolute atomic E-state index is 0.0180. The maximum absolute atomic E-state index is 5.46. The zero-order valence-electron chi connectivity index (χ0n) is 19.3. The van der Waals surface area contributed by atoms with Crippen LogP contribution in [0.3, 0.4) is 0 Å². The van der Waals surface area contributed by atoms with Gasteiger partial charge in [-0.15, -0.1) is 12.3 Å². The van der Waals surface area contributed by atoms with Gasteiger partial charge < -0.3 is 0 Å². The van der Waals surface area contributed by atoms with E-state index in [4.69, 9.17) is 6.42 Å². The lowest BCUT2D eigenvalue weighted by Gasteiger charge is -2.34. The number of benzene rings is 3. The third kappa shape index (κ3) is 3.51. The van der Waals surface area contributed by atoms with Crippen LogP contribution < -0.4 is 0 Å². The Hall–Kier alpha value is -3.04. The quantitative estimate of drug-likeness (QED) is 0.210. The molecule has 0 saturated carbocycles. The topological polar surface area (TPSA) is 0 Å². The fourth-order valence-electron chi connectivity index (χ4n) is 5.97. The highest BCUT2D eigenvalue weighted by Gasteiger charge is 2.38. The van der Waals surface area contributed by atoms with Gasteiger partial charge in [-0.1, -0.05) is 105 Å². The molecule has 0 fully saturated rings. The Morgan fingerprint density at radius 1 is 0.875 bits per heavy atom. The van der Waals surface area contributed by atoms with E-state index in [9.17, 15) is 0 Å². The number of terminal acetylenes is 1. The molecule has 2 aliphatic rings. The van der Waals surface area contributed by atoms with Crippen molar-refractivity contribution in [3.8, 4) is 23.5 Å². The Morgan fingerprint density at radius 2 is 1.66 bits per heavy atom. The molecule has 32 heavy (non-hydrogen) atoms. The molecule has 5 rings (SSSR count). The van der Waals surface area contributed by atoms with Gasteiger partial charge in [-0.3, -0.25) is 0 Å². The number of rotatable bonds is 7. The maximum Gasteiger partial charge on any atom is 0.0118 e. The van der Waals surface area contributed by atoms with Crippen LogP contribution in [0.25, 0.3) is 17.2 Å². The molecule has 0 aliphatic heterocycles. The Balaban J connectivity index is 1.50. The first kappa shape index (κ1) is 20.8. The van der Waals surface area contributed by atoms with Gasteiger partial charge in [-0.2, -0.15) is 0 Å². The summed E-state index contributed by atoms with van der Waals surface area (Å²) in [7, 11) is 0. The summed E-state index contributed by atoms with van der Waals surface area (Å²) in [5, 5.41) is 0. The van der Waals surface area contributed by atoms with E-state index in [-0.39, 0.29) is 5.41 Å². The Bertz CT molecular complexity index is 1210. The maximum atomic E-state index is 5.46. The number of hydrogen-bond acceptors (Lipinski definition) is 0. The van der Waals surface area contributed by atoms with Crippen LogP contribution in [0.15, 0.2) is 72.3 Å². The van der Waals surface area contributed by atoms with Crippen LogP contribution in [0.2, 0.25) is 0 Å². The molecule has 3 aromatic carbocycles. The SMILES string of the molecule is C#CCCCCCC1C(C(C)(C)c2cccc3c2Cc2ccccc2-3)=Cc2ccccc21. The normalized spacial score (nSPS) is 16.2. The van der Waals surface area contributed by atoms with Gasteiger partial charge in [-0.25, -0.2) is 0 Å². The van der Waals surface area contributed by atoms with Crippen molar-refractivity contribution in [1.29, 1.82) is 0 Å². The molecule has 0 spiro atoms. The molecule has 3 aromatic rings. The van der Waals surface area contributed by atoms with Gasteiger partial charge in [0.25, 0.3) is 0 Å². The standard InChI is InChI=1S/C32H32/c1-4-5-6-7-8-18-28-26-17-12-10-15-24(26)22-31(28)32(2,3)30-20-13-19-27-25-16-11-9-14-23(25)21-29(27)30/h1,9-17,19-20,22,28H,5-8,18,21H2,2-3H3. The van der Waals surface area contributed by atoms with E-state index in [1.54, 1.807) is 5.57 Å². The predicted octanol–water partition coefficient (Wildman–Crippen LogP) is 8.30. The molecule has 0 amide bonds. The van der Waals surface area contributed by atoms with Crippen molar-refractivity contribution in [1.82, 2.24) is 0 Å². The van der Waals surface area contributed by atoms with Crippen LogP contribution in [0.4, 0.5) is 0 Å². The molecule has 0 bridgehead atoms. The Kier molecular flexibility index (Phi) is 5.52. The minimum atomic E-state index is -0.0180. The van der Waals surface area contributed by atoms with Gasteiger partial charge in [-0.05, 0) is 58.2 Å². The highest BCUT2D eigenvalue weighted by Crippen LogP contribution is 2.51. The molecule has 0 radical (unpaired) electrons. The average Bonchev–Trinajstić information content (AvgIpc) is 3.38. The first-order valence-electron chi connectivity index (χ1n) is 12.1. The summed E-state index contributed by atoms with van der Waals surface area (Å²) in [6, 6.07) is 24.8. The van der Waals surface area contributed by atoms with E-state index >= 15 is 0 Å². The summed E-state index contributed by atoms with van der Waals surface area (Å²) in [5.74, 6) is 3.28. The minimum Gasteiger partial charge on any atom is -0.120 e. The smallest absolute Gasteiger partial charge is 0.0118 e. The molecular weight excluding hydrogens is 384 g/mol. The lowest BCUT2D eigenvalue weighted by atomic mass is 9.70. The second-order valence-corrected chi connectivity index (χ2v) is 9.88. The van der Waals surface area contributed by atoms with Crippen molar-refractivity contribution >= 4 is 6.08 Å². The Morgan fingerprint density at radius 3 is 2.53 bits per heavy atom. The van der Waals surface area contributed by atoms with Crippen molar-refractivity contribution in [3.63, 3.8) is 0 Å². The molecule has 2 aliphatic carbocycles. The molecule has 0 N–H and O–H groups in total. The number of allylic oxidation sites excluding steroid dienone is 1. The van der Waals surface area contributed by atoms with Gasteiger partial charge in [0.15, 0.2) is 0 Å². The number of unbranched alkanes of at least 4 members (excludes halogenated alkanes) is 3. The van der Waals surface area contributed by atoms with Crippen LogP contribution in [-0.2, 0) is 11.8 Å². The molecular formula is C32H32. The third-order valence-electron chi connectivity index (χ3n) is 7.62. The van der Waals surface area contributed by atoms with E-state index in [1.807, 2.05) is 0 Å². The zero-order chi connectivity index (χ0) is 22.1. The average molecular weight is 417 g/mol. The van der Waals surface area contributed by atoms with Gasteiger partial charge in [0, 0.05) is 17.8 Å². The number of fused-ring (bicyclic) bond motifs is 4. The van der Waals surface area contributed by atoms with Crippen molar-refractivity contribution in [2.75, 3.05) is 0 Å². The van der Waals surface area contributed by atoms with E-state index < -0.39 is 0 Å². The van der Waals surface area contributed by atoms with Crippen molar-refractivity contribution in [2.45, 2.75) is 63.7 Å². The van der Waals surface area contributed by atoms with E-state index in [2.05, 4.69) is 92.6 Å². The fraction of sp³-hybridized carbons (Fsp3) is 0.312. The van der Waals surface area contributed by atoms with Crippen LogP contribution in [-0.4, -0.2) is 0 Å². The highest BCUT2D eigenvalue weighted by molar-refractivity contribution is 5.79. The molecule has 0 heteroatoms. The van der Waals surface area contributed by atoms with Crippen LogP contribution >= 0.6 is 0 Å². The first-order chi connectivity index (χ1) is 15.6. The summed E-state index contributed by atoms with van der Waals surface area (Å²) < 4.78 is 0. The molecule has 0 heterocycles. The molecule has 0 nitrogen and oxygen atoms in total. The first-order valence-corrected chi connectivity index (χ1v) is 12.1. The molecule has 0 saturated heterocycles.